The third-order valence-electron chi connectivity index (χ3n) is 3.39. The number of nitro groups is 1. The lowest BCUT2D eigenvalue weighted by Gasteiger charge is -2.22. The minimum absolute atomic E-state index is 0.122. The van der Waals surface area contributed by atoms with Crippen molar-refractivity contribution < 1.29 is 14.5 Å². The van der Waals surface area contributed by atoms with Crippen molar-refractivity contribution in [3.05, 3.63) is 34.4 Å². The summed E-state index contributed by atoms with van der Waals surface area (Å²) in [5.74, 6) is -0.105. The van der Waals surface area contributed by atoms with Crippen molar-refractivity contribution in [3.8, 4) is 5.75 Å². The van der Waals surface area contributed by atoms with Gasteiger partial charge in [-0.2, -0.15) is 0 Å². The van der Waals surface area contributed by atoms with Gasteiger partial charge in [0.05, 0.1) is 4.92 Å². The zero-order valence-corrected chi connectivity index (χ0v) is 11.2. The molecule has 0 spiro atoms. The monoisotopic (exact) mass is 278 g/mol. The number of carbonyl (C=O) groups is 1. The molecule has 1 aliphatic rings. The largest absolute Gasteiger partial charge is 0.477 e. The molecule has 0 unspecified atom stereocenters. The summed E-state index contributed by atoms with van der Waals surface area (Å²) in [4.78, 5) is 22.0. The molecule has 0 radical (unpaired) electrons. The number of rotatable bonds is 5. The Balaban J connectivity index is 1.85. The van der Waals surface area contributed by atoms with Gasteiger partial charge in [-0.15, -0.1) is 0 Å². The average molecular weight is 278 g/mol. The topological polar surface area (TPSA) is 81.5 Å². The number of amides is 1. The zero-order chi connectivity index (χ0) is 14.4. The first kappa shape index (κ1) is 14.3. The molecule has 0 atom stereocenters. The third-order valence-corrected chi connectivity index (χ3v) is 3.39. The Hall–Kier alpha value is -2.11. The minimum Gasteiger partial charge on any atom is -0.477 e. The highest BCUT2D eigenvalue weighted by atomic mass is 16.6. The Morgan fingerprint density at radius 2 is 2.00 bits per heavy atom. The fourth-order valence-electron chi connectivity index (χ4n) is 2.39. The van der Waals surface area contributed by atoms with Crippen LogP contribution in [0.25, 0.3) is 0 Å². The fourth-order valence-corrected chi connectivity index (χ4v) is 2.39. The molecule has 6 heteroatoms. The minimum atomic E-state index is -0.519. The van der Waals surface area contributed by atoms with Crippen LogP contribution in [0.2, 0.25) is 0 Å². The van der Waals surface area contributed by atoms with Crippen LogP contribution in [0.4, 0.5) is 5.69 Å². The third kappa shape index (κ3) is 3.94. The predicted octanol–water partition coefficient (Wildman–Crippen LogP) is 2.42. The maximum absolute atomic E-state index is 11.8. The number of nitrogens with one attached hydrogen (secondary N) is 1. The maximum atomic E-state index is 11.8. The summed E-state index contributed by atoms with van der Waals surface area (Å²) in [5.41, 5.74) is -0.127. The lowest BCUT2D eigenvalue weighted by Crippen LogP contribution is -2.39. The second kappa shape index (κ2) is 6.88. The van der Waals surface area contributed by atoms with E-state index in [9.17, 15) is 14.9 Å². The van der Waals surface area contributed by atoms with Gasteiger partial charge in [-0.1, -0.05) is 31.4 Å². The summed E-state index contributed by atoms with van der Waals surface area (Å²) in [6.45, 7) is -0.193. The van der Waals surface area contributed by atoms with Crippen molar-refractivity contribution in [3.63, 3.8) is 0 Å². The number of ether oxygens (including phenoxy) is 1. The van der Waals surface area contributed by atoms with Crippen LogP contribution >= 0.6 is 0 Å². The van der Waals surface area contributed by atoms with Gasteiger partial charge in [0.25, 0.3) is 5.91 Å². The van der Waals surface area contributed by atoms with Gasteiger partial charge in [0.1, 0.15) is 0 Å². The molecule has 1 aromatic rings. The van der Waals surface area contributed by atoms with Crippen LogP contribution in [0.1, 0.15) is 32.1 Å². The van der Waals surface area contributed by atoms with Crippen molar-refractivity contribution in [1.82, 2.24) is 5.32 Å². The standard InChI is InChI=1S/C14H18N2O4/c17-14(15-11-6-2-1-3-7-11)10-20-13-9-5-4-8-12(13)16(18)19/h4-5,8-9,11H,1-3,6-7,10H2,(H,15,17). The smallest absolute Gasteiger partial charge is 0.310 e. The van der Waals surface area contributed by atoms with Gasteiger partial charge in [0, 0.05) is 12.1 Å². The van der Waals surface area contributed by atoms with Crippen LogP contribution in [0.3, 0.4) is 0 Å². The maximum Gasteiger partial charge on any atom is 0.310 e. The van der Waals surface area contributed by atoms with Gasteiger partial charge >= 0.3 is 5.69 Å². The number of nitrogens with zero attached hydrogens (tertiary/aromatic N) is 1. The summed E-state index contributed by atoms with van der Waals surface area (Å²) in [6.07, 6.45) is 5.49. The highest BCUT2D eigenvalue weighted by Gasteiger charge is 2.18. The van der Waals surface area contributed by atoms with Gasteiger partial charge in [-0.05, 0) is 18.9 Å². The van der Waals surface area contributed by atoms with Crippen molar-refractivity contribution in [2.24, 2.45) is 0 Å². The molecule has 0 saturated heterocycles. The van der Waals surface area contributed by atoms with Gasteiger partial charge in [-0.25, -0.2) is 0 Å². The molecule has 2 rings (SSSR count). The van der Waals surface area contributed by atoms with Gasteiger partial charge in [0.15, 0.2) is 12.4 Å². The summed E-state index contributed by atoms with van der Waals surface area (Å²) in [5, 5.41) is 13.7. The summed E-state index contributed by atoms with van der Waals surface area (Å²) >= 11 is 0. The Labute approximate surface area is 117 Å². The van der Waals surface area contributed by atoms with Crippen LogP contribution < -0.4 is 10.1 Å². The van der Waals surface area contributed by atoms with Crippen LogP contribution in [-0.4, -0.2) is 23.5 Å². The molecule has 1 N–H and O–H groups in total. The Morgan fingerprint density at radius 1 is 1.30 bits per heavy atom. The molecule has 0 aromatic heterocycles. The molecule has 1 aromatic carbocycles. The Bertz CT molecular complexity index is 484. The summed E-state index contributed by atoms with van der Waals surface area (Å²) in [6, 6.07) is 6.26. The second-order valence-electron chi connectivity index (χ2n) is 4.92. The number of hydrogen-bond acceptors (Lipinski definition) is 4. The molecule has 1 aliphatic carbocycles. The normalized spacial score (nSPS) is 15.6. The van der Waals surface area contributed by atoms with Crippen molar-refractivity contribution in [2.45, 2.75) is 38.1 Å². The van der Waals surface area contributed by atoms with E-state index in [1.165, 1.54) is 18.6 Å². The van der Waals surface area contributed by atoms with E-state index < -0.39 is 4.92 Å². The average Bonchev–Trinajstić information content (AvgIpc) is 2.46. The number of benzene rings is 1. The first-order chi connectivity index (χ1) is 9.66. The molecular formula is C14H18N2O4. The zero-order valence-electron chi connectivity index (χ0n) is 11.2. The molecule has 108 valence electrons. The molecule has 1 amide bonds. The second-order valence-corrected chi connectivity index (χ2v) is 4.92. The predicted molar refractivity (Wildman–Crippen MR) is 73.6 cm³/mol. The number of hydrogen-bond donors (Lipinski definition) is 1. The van der Waals surface area contributed by atoms with Gasteiger partial charge in [0.2, 0.25) is 0 Å². The number of carbonyl (C=O) groups excluding carboxylic acids is 1. The van der Waals surface area contributed by atoms with Crippen LogP contribution in [0, 0.1) is 10.1 Å². The molecular weight excluding hydrogens is 260 g/mol. The van der Waals surface area contributed by atoms with E-state index >= 15 is 0 Å². The van der Waals surface area contributed by atoms with Crippen LogP contribution in [0.15, 0.2) is 24.3 Å². The van der Waals surface area contributed by atoms with Crippen LogP contribution in [0.5, 0.6) is 5.75 Å². The van der Waals surface area contributed by atoms with Crippen molar-refractivity contribution >= 4 is 11.6 Å². The van der Waals surface area contributed by atoms with E-state index in [2.05, 4.69) is 5.32 Å². The van der Waals surface area contributed by atoms with E-state index in [4.69, 9.17) is 4.74 Å². The van der Waals surface area contributed by atoms with E-state index in [0.29, 0.717) is 0 Å². The van der Waals surface area contributed by atoms with E-state index in [1.807, 2.05) is 0 Å². The lowest BCUT2D eigenvalue weighted by molar-refractivity contribution is -0.385. The van der Waals surface area contributed by atoms with Crippen molar-refractivity contribution in [2.75, 3.05) is 6.61 Å². The quantitative estimate of drug-likeness (QED) is 0.662. The lowest BCUT2D eigenvalue weighted by atomic mass is 9.95. The van der Waals surface area contributed by atoms with E-state index in [0.717, 1.165) is 25.7 Å². The SMILES string of the molecule is O=C(COc1ccccc1[N+](=O)[O-])NC1CCCCC1. The van der Waals surface area contributed by atoms with Gasteiger partial charge < -0.3 is 10.1 Å². The molecule has 6 nitrogen and oxygen atoms in total. The van der Waals surface area contributed by atoms with E-state index in [1.54, 1.807) is 12.1 Å². The Kier molecular flexibility index (Phi) is 4.92. The Morgan fingerprint density at radius 3 is 2.70 bits per heavy atom. The van der Waals surface area contributed by atoms with E-state index in [-0.39, 0.29) is 30.0 Å². The van der Waals surface area contributed by atoms with Crippen LogP contribution in [-0.2, 0) is 4.79 Å². The van der Waals surface area contributed by atoms with Crippen molar-refractivity contribution in [1.29, 1.82) is 0 Å². The van der Waals surface area contributed by atoms with Gasteiger partial charge in [-0.3, -0.25) is 14.9 Å². The highest BCUT2D eigenvalue weighted by molar-refractivity contribution is 5.78. The molecule has 1 fully saturated rings. The highest BCUT2D eigenvalue weighted by Crippen LogP contribution is 2.25. The number of nitro benzene ring substituents is 1. The molecule has 0 heterocycles. The molecule has 0 bridgehead atoms. The molecule has 20 heavy (non-hydrogen) atoms. The molecule has 0 aliphatic heterocycles. The number of para-hydroxylation sites is 2. The first-order valence-corrected chi connectivity index (χ1v) is 6.82. The summed E-state index contributed by atoms with van der Waals surface area (Å²) < 4.78 is 5.25. The summed E-state index contributed by atoms with van der Waals surface area (Å²) in [7, 11) is 0. The molecule has 1 saturated carbocycles. The fraction of sp³-hybridized carbons (Fsp3) is 0.500. The first-order valence-electron chi connectivity index (χ1n) is 6.82.